The summed E-state index contributed by atoms with van der Waals surface area (Å²) in [7, 11) is 0. The standard InChI is InChI=1S/C17H25NO/c1-12(2)18-11-14-6-9-17(14)13-4-3-5-16(10-13)19-15-7-8-15/h3-5,10,12,14-15,17-18H,6-9,11H2,1-2H3. The van der Waals surface area contributed by atoms with Gasteiger partial charge in [-0.25, -0.2) is 0 Å². The fourth-order valence-corrected chi connectivity index (χ4v) is 2.84. The third-order valence-corrected chi connectivity index (χ3v) is 4.32. The van der Waals surface area contributed by atoms with Crippen molar-refractivity contribution in [2.45, 2.75) is 57.6 Å². The average molecular weight is 259 g/mol. The normalized spacial score (nSPS) is 26.3. The van der Waals surface area contributed by atoms with Gasteiger partial charge in [0.15, 0.2) is 0 Å². The molecule has 0 radical (unpaired) electrons. The molecule has 0 heterocycles. The van der Waals surface area contributed by atoms with Crippen LogP contribution in [-0.2, 0) is 0 Å². The van der Waals surface area contributed by atoms with E-state index >= 15 is 0 Å². The van der Waals surface area contributed by atoms with Crippen molar-refractivity contribution in [3.05, 3.63) is 29.8 Å². The molecule has 2 fully saturated rings. The van der Waals surface area contributed by atoms with Gasteiger partial charge in [0.25, 0.3) is 0 Å². The van der Waals surface area contributed by atoms with Crippen LogP contribution in [0.4, 0.5) is 0 Å². The minimum Gasteiger partial charge on any atom is -0.490 e. The number of rotatable bonds is 6. The van der Waals surface area contributed by atoms with Gasteiger partial charge in [-0.15, -0.1) is 0 Å². The molecule has 0 aliphatic heterocycles. The van der Waals surface area contributed by atoms with Crippen LogP contribution in [-0.4, -0.2) is 18.7 Å². The van der Waals surface area contributed by atoms with Crippen molar-refractivity contribution in [2.24, 2.45) is 5.92 Å². The van der Waals surface area contributed by atoms with Crippen LogP contribution >= 0.6 is 0 Å². The van der Waals surface area contributed by atoms with Gasteiger partial charge in [-0.2, -0.15) is 0 Å². The molecule has 2 nitrogen and oxygen atoms in total. The van der Waals surface area contributed by atoms with Gasteiger partial charge >= 0.3 is 0 Å². The molecule has 19 heavy (non-hydrogen) atoms. The third kappa shape index (κ3) is 3.30. The molecule has 1 N–H and O–H groups in total. The second-order valence-corrected chi connectivity index (χ2v) is 6.40. The highest BCUT2D eigenvalue weighted by Crippen LogP contribution is 2.43. The van der Waals surface area contributed by atoms with E-state index in [1.807, 2.05) is 0 Å². The highest BCUT2D eigenvalue weighted by molar-refractivity contribution is 5.33. The fraction of sp³-hybridized carbons (Fsp3) is 0.647. The van der Waals surface area contributed by atoms with Crippen molar-refractivity contribution in [3.63, 3.8) is 0 Å². The van der Waals surface area contributed by atoms with E-state index in [2.05, 4.69) is 43.4 Å². The maximum atomic E-state index is 5.90. The lowest BCUT2D eigenvalue weighted by Gasteiger charge is -2.38. The maximum absolute atomic E-state index is 5.90. The van der Waals surface area contributed by atoms with Gasteiger partial charge < -0.3 is 10.1 Å². The molecule has 2 aliphatic rings. The Hall–Kier alpha value is -1.02. The van der Waals surface area contributed by atoms with E-state index < -0.39 is 0 Å². The summed E-state index contributed by atoms with van der Waals surface area (Å²) in [6.07, 6.45) is 5.65. The number of benzene rings is 1. The summed E-state index contributed by atoms with van der Waals surface area (Å²) < 4.78 is 5.90. The Bertz CT molecular complexity index is 425. The Morgan fingerprint density at radius 1 is 1.21 bits per heavy atom. The van der Waals surface area contributed by atoms with Gasteiger partial charge in [-0.05, 0) is 61.8 Å². The summed E-state index contributed by atoms with van der Waals surface area (Å²) in [5.74, 6) is 2.61. The molecule has 0 saturated heterocycles. The first-order chi connectivity index (χ1) is 9.22. The van der Waals surface area contributed by atoms with E-state index in [1.54, 1.807) is 0 Å². The summed E-state index contributed by atoms with van der Waals surface area (Å²) >= 11 is 0. The molecule has 0 aromatic heterocycles. The fourth-order valence-electron chi connectivity index (χ4n) is 2.84. The Balaban J connectivity index is 1.61. The van der Waals surface area contributed by atoms with Gasteiger partial charge in [-0.3, -0.25) is 0 Å². The molecule has 2 heteroatoms. The lowest BCUT2D eigenvalue weighted by Crippen LogP contribution is -2.36. The predicted octanol–water partition coefficient (Wildman–Crippen LogP) is 3.72. The smallest absolute Gasteiger partial charge is 0.120 e. The Kier molecular flexibility index (Phi) is 3.79. The van der Waals surface area contributed by atoms with Gasteiger partial charge in [-0.1, -0.05) is 26.0 Å². The number of nitrogens with one attached hydrogen (secondary N) is 1. The Morgan fingerprint density at radius 3 is 2.68 bits per heavy atom. The number of hydrogen-bond donors (Lipinski definition) is 1. The van der Waals surface area contributed by atoms with Gasteiger partial charge in [0.05, 0.1) is 6.10 Å². The van der Waals surface area contributed by atoms with Crippen molar-refractivity contribution in [3.8, 4) is 5.75 Å². The molecule has 0 spiro atoms. The highest BCUT2D eigenvalue weighted by atomic mass is 16.5. The largest absolute Gasteiger partial charge is 0.490 e. The molecule has 2 saturated carbocycles. The van der Waals surface area contributed by atoms with Crippen LogP contribution < -0.4 is 10.1 Å². The van der Waals surface area contributed by atoms with E-state index in [-0.39, 0.29) is 0 Å². The zero-order valence-corrected chi connectivity index (χ0v) is 12.1. The molecule has 3 rings (SSSR count). The molecule has 104 valence electrons. The van der Waals surface area contributed by atoms with Gasteiger partial charge in [0.2, 0.25) is 0 Å². The lowest BCUT2D eigenvalue weighted by molar-refractivity contribution is 0.239. The van der Waals surface area contributed by atoms with Crippen LogP contribution in [0.25, 0.3) is 0 Å². The molecular weight excluding hydrogens is 234 g/mol. The Morgan fingerprint density at radius 2 is 2.05 bits per heavy atom. The van der Waals surface area contributed by atoms with Crippen LogP contribution in [0, 0.1) is 5.92 Å². The zero-order valence-electron chi connectivity index (χ0n) is 12.1. The van der Waals surface area contributed by atoms with Crippen molar-refractivity contribution in [2.75, 3.05) is 6.54 Å². The van der Waals surface area contributed by atoms with E-state index in [0.717, 1.165) is 24.1 Å². The first-order valence-corrected chi connectivity index (χ1v) is 7.72. The third-order valence-electron chi connectivity index (χ3n) is 4.32. The first kappa shape index (κ1) is 13.0. The first-order valence-electron chi connectivity index (χ1n) is 7.72. The average Bonchev–Trinajstić information content (AvgIpc) is 3.12. The van der Waals surface area contributed by atoms with Crippen LogP contribution in [0.1, 0.15) is 51.0 Å². The summed E-state index contributed by atoms with van der Waals surface area (Å²) in [5.41, 5.74) is 1.47. The molecular formula is C17H25NO. The van der Waals surface area contributed by atoms with Crippen LogP contribution in [0.5, 0.6) is 5.75 Å². The van der Waals surface area contributed by atoms with E-state index in [9.17, 15) is 0 Å². The van der Waals surface area contributed by atoms with Crippen molar-refractivity contribution in [1.29, 1.82) is 0 Å². The summed E-state index contributed by atoms with van der Waals surface area (Å²) in [6.45, 7) is 5.59. The summed E-state index contributed by atoms with van der Waals surface area (Å²) in [4.78, 5) is 0. The van der Waals surface area contributed by atoms with Crippen molar-refractivity contribution in [1.82, 2.24) is 5.32 Å². The van der Waals surface area contributed by atoms with E-state index in [0.29, 0.717) is 12.1 Å². The van der Waals surface area contributed by atoms with Gasteiger partial charge in [0, 0.05) is 6.04 Å². The Labute approximate surface area is 116 Å². The number of hydrogen-bond acceptors (Lipinski definition) is 2. The summed E-state index contributed by atoms with van der Waals surface area (Å²) in [5, 5.41) is 3.57. The van der Waals surface area contributed by atoms with E-state index in [1.165, 1.54) is 31.2 Å². The van der Waals surface area contributed by atoms with Gasteiger partial charge in [0.1, 0.15) is 5.75 Å². The quantitative estimate of drug-likeness (QED) is 0.840. The molecule has 1 aromatic carbocycles. The van der Waals surface area contributed by atoms with E-state index in [4.69, 9.17) is 4.74 Å². The predicted molar refractivity (Wildman–Crippen MR) is 78.7 cm³/mol. The van der Waals surface area contributed by atoms with Crippen LogP contribution in [0.3, 0.4) is 0 Å². The maximum Gasteiger partial charge on any atom is 0.120 e. The number of ether oxygens (including phenoxy) is 1. The van der Waals surface area contributed by atoms with Crippen LogP contribution in [0.2, 0.25) is 0 Å². The lowest BCUT2D eigenvalue weighted by atomic mass is 9.70. The monoisotopic (exact) mass is 259 g/mol. The summed E-state index contributed by atoms with van der Waals surface area (Å²) in [6, 6.07) is 9.38. The van der Waals surface area contributed by atoms with Crippen molar-refractivity contribution >= 4 is 0 Å². The molecule has 0 bridgehead atoms. The zero-order chi connectivity index (χ0) is 13.2. The molecule has 0 amide bonds. The SMILES string of the molecule is CC(C)NCC1CCC1c1cccc(OC2CC2)c1. The van der Waals surface area contributed by atoms with Crippen molar-refractivity contribution < 1.29 is 4.74 Å². The minimum absolute atomic E-state index is 0.495. The molecule has 2 unspecified atom stereocenters. The second kappa shape index (κ2) is 5.54. The second-order valence-electron chi connectivity index (χ2n) is 6.40. The minimum atomic E-state index is 0.495. The topological polar surface area (TPSA) is 21.3 Å². The van der Waals surface area contributed by atoms with Crippen LogP contribution in [0.15, 0.2) is 24.3 Å². The molecule has 2 atom stereocenters. The molecule has 2 aliphatic carbocycles. The highest BCUT2D eigenvalue weighted by Gasteiger charge is 2.32. The molecule has 1 aromatic rings.